The molecular weight excluding hydrogens is 468 g/mol. The van der Waals surface area contributed by atoms with E-state index in [1.165, 1.54) is 9.80 Å². The zero-order valence-electron chi connectivity index (χ0n) is 20.1. The van der Waals surface area contributed by atoms with Crippen LogP contribution in [0, 0.1) is 5.41 Å². The van der Waals surface area contributed by atoms with E-state index in [0.29, 0.717) is 18.5 Å². The van der Waals surface area contributed by atoms with Gasteiger partial charge in [0.05, 0.1) is 5.41 Å². The second kappa shape index (κ2) is 9.34. The van der Waals surface area contributed by atoms with E-state index in [4.69, 9.17) is 11.6 Å². The van der Waals surface area contributed by atoms with Crippen molar-refractivity contribution in [1.82, 2.24) is 15.1 Å². The molecule has 4 rings (SSSR count). The number of anilines is 1. The van der Waals surface area contributed by atoms with E-state index in [0.717, 1.165) is 16.7 Å². The van der Waals surface area contributed by atoms with E-state index in [9.17, 15) is 19.2 Å². The highest BCUT2D eigenvalue weighted by molar-refractivity contribution is 6.20. The number of fused-ring (bicyclic) bond motifs is 1. The summed E-state index contributed by atoms with van der Waals surface area (Å²) in [7, 11) is 1.62. The number of hydrogen-bond acceptors (Lipinski definition) is 4. The van der Waals surface area contributed by atoms with Gasteiger partial charge in [-0.1, -0.05) is 36.4 Å². The minimum Gasteiger partial charge on any atom is -0.329 e. The molecule has 2 aromatic rings. The minimum absolute atomic E-state index is 0.130. The molecule has 1 aliphatic carbocycles. The van der Waals surface area contributed by atoms with Crippen LogP contribution in [0.1, 0.15) is 30.5 Å². The molecule has 1 unspecified atom stereocenters. The monoisotopic (exact) mass is 496 g/mol. The number of alkyl halides is 1. The Morgan fingerprint density at radius 1 is 1.11 bits per heavy atom. The highest BCUT2D eigenvalue weighted by Crippen LogP contribution is 2.38. The molecule has 1 saturated heterocycles. The molecule has 0 aromatic heterocycles. The van der Waals surface area contributed by atoms with E-state index >= 15 is 0 Å². The molecule has 2 N–H and O–H groups in total. The fourth-order valence-corrected chi connectivity index (χ4v) is 4.75. The van der Waals surface area contributed by atoms with Gasteiger partial charge in [0.2, 0.25) is 11.8 Å². The zero-order valence-corrected chi connectivity index (χ0v) is 20.8. The molecule has 2 aliphatic rings. The van der Waals surface area contributed by atoms with E-state index in [2.05, 4.69) is 10.6 Å². The predicted molar refractivity (Wildman–Crippen MR) is 133 cm³/mol. The number of urea groups is 1. The zero-order chi connectivity index (χ0) is 25.4. The highest BCUT2D eigenvalue weighted by atomic mass is 35.5. The van der Waals surface area contributed by atoms with Gasteiger partial charge in [0.25, 0.3) is 5.91 Å². The molecule has 0 radical (unpaired) electrons. The first-order chi connectivity index (χ1) is 16.6. The Bertz CT molecular complexity index is 1180. The molecule has 1 heterocycles. The standard InChI is InChI=1S/C26H29ClN4O4/c1-25(2,16-27)23(34)31(14-17-7-5-4-6-8-17)15-21(32)28-20-10-9-18-12-26(13-19(18)11-20)22(33)29-24(35)30(26)3/h4-11H,12-16H2,1-3H3,(H,28,32)(H,29,33,35). The van der Waals surface area contributed by atoms with Crippen LogP contribution in [0.2, 0.25) is 0 Å². The van der Waals surface area contributed by atoms with Crippen LogP contribution in [0.5, 0.6) is 0 Å². The molecule has 35 heavy (non-hydrogen) atoms. The lowest BCUT2D eigenvalue weighted by Crippen LogP contribution is -2.48. The van der Waals surface area contributed by atoms with Crippen molar-refractivity contribution in [3.63, 3.8) is 0 Å². The number of carbonyl (C=O) groups excluding carboxylic acids is 4. The van der Waals surface area contributed by atoms with Gasteiger partial charge < -0.3 is 15.1 Å². The fraction of sp³-hybridized carbons (Fsp3) is 0.385. The fourth-order valence-electron chi connectivity index (χ4n) is 4.64. The summed E-state index contributed by atoms with van der Waals surface area (Å²) in [6, 6.07) is 14.6. The maximum atomic E-state index is 13.2. The van der Waals surface area contributed by atoms with Crippen LogP contribution in [0.25, 0.3) is 0 Å². The first-order valence-electron chi connectivity index (χ1n) is 11.5. The molecule has 0 saturated carbocycles. The Balaban J connectivity index is 1.48. The lowest BCUT2D eigenvalue weighted by atomic mass is 9.94. The summed E-state index contributed by atoms with van der Waals surface area (Å²) in [5.74, 6) is -0.708. The Hall–Kier alpha value is -3.39. The summed E-state index contributed by atoms with van der Waals surface area (Å²) >= 11 is 6.04. The Labute approximate surface area is 209 Å². The summed E-state index contributed by atoms with van der Waals surface area (Å²) in [5, 5.41) is 5.26. The van der Waals surface area contributed by atoms with Crippen molar-refractivity contribution in [3.05, 3.63) is 65.2 Å². The number of halogens is 1. The molecule has 2 aromatic carbocycles. The summed E-state index contributed by atoms with van der Waals surface area (Å²) in [4.78, 5) is 53.6. The number of nitrogens with one attached hydrogen (secondary N) is 2. The van der Waals surface area contributed by atoms with Crippen LogP contribution in [0.3, 0.4) is 0 Å². The van der Waals surface area contributed by atoms with Gasteiger partial charge >= 0.3 is 6.03 Å². The topological polar surface area (TPSA) is 98.8 Å². The molecule has 8 nitrogen and oxygen atoms in total. The number of imide groups is 1. The van der Waals surface area contributed by atoms with Crippen molar-refractivity contribution in [2.45, 2.75) is 38.8 Å². The number of amides is 5. The van der Waals surface area contributed by atoms with Crippen molar-refractivity contribution in [1.29, 1.82) is 0 Å². The number of benzene rings is 2. The number of rotatable bonds is 7. The molecule has 0 bridgehead atoms. The van der Waals surface area contributed by atoms with Crippen LogP contribution in [0.15, 0.2) is 48.5 Å². The van der Waals surface area contributed by atoms with Crippen molar-refractivity contribution >= 4 is 41.0 Å². The maximum Gasteiger partial charge on any atom is 0.324 e. The van der Waals surface area contributed by atoms with Crippen LogP contribution < -0.4 is 10.6 Å². The summed E-state index contributed by atoms with van der Waals surface area (Å²) in [6.07, 6.45) is 0.806. The Kier molecular flexibility index (Phi) is 6.60. The normalized spacial score (nSPS) is 19.0. The summed E-state index contributed by atoms with van der Waals surface area (Å²) < 4.78 is 0. The molecule has 5 amide bonds. The van der Waals surface area contributed by atoms with Crippen molar-refractivity contribution in [2.24, 2.45) is 5.41 Å². The van der Waals surface area contributed by atoms with Gasteiger partial charge in [-0.2, -0.15) is 0 Å². The van der Waals surface area contributed by atoms with Gasteiger partial charge in [-0.3, -0.25) is 19.7 Å². The number of carbonyl (C=O) groups is 4. The van der Waals surface area contributed by atoms with Gasteiger partial charge in [-0.15, -0.1) is 11.6 Å². The van der Waals surface area contributed by atoms with Gasteiger partial charge in [0, 0.05) is 38.0 Å². The smallest absolute Gasteiger partial charge is 0.324 e. The lowest BCUT2D eigenvalue weighted by molar-refractivity contribution is -0.142. The van der Waals surface area contributed by atoms with Crippen molar-refractivity contribution in [2.75, 3.05) is 24.8 Å². The molecule has 1 spiro atoms. The first kappa shape index (κ1) is 24.7. The van der Waals surface area contributed by atoms with Crippen LogP contribution in [-0.4, -0.2) is 58.6 Å². The lowest BCUT2D eigenvalue weighted by Gasteiger charge is -2.30. The van der Waals surface area contributed by atoms with Crippen molar-refractivity contribution < 1.29 is 19.2 Å². The average Bonchev–Trinajstić information content (AvgIpc) is 3.31. The molecule has 1 atom stereocenters. The van der Waals surface area contributed by atoms with Crippen LogP contribution >= 0.6 is 11.6 Å². The number of likely N-dealkylation sites (N-methyl/N-ethyl adjacent to an activating group) is 1. The molecule has 1 aliphatic heterocycles. The molecule has 184 valence electrons. The van der Waals surface area contributed by atoms with Crippen LogP contribution in [-0.2, 0) is 33.8 Å². The van der Waals surface area contributed by atoms with E-state index in [1.54, 1.807) is 27.0 Å². The van der Waals surface area contributed by atoms with Gasteiger partial charge in [-0.25, -0.2) is 4.79 Å². The summed E-state index contributed by atoms with van der Waals surface area (Å²) in [5.41, 5.74) is 1.61. The molecule has 1 fully saturated rings. The van der Waals surface area contributed by atoms with Crippen LogP contribution in [0.4, 0.5) is 10.5 Å². The average molecular weight is 497 g/mol. The number of nitrogens with zero attached hydrogens (tertiary/aromatic N) is 2. The van der Waals surface area contributed by atoms with Crippen molar-refractivity contribution in [3.8, 4) is 0 Å². The van der Waals surface area contributed by atoms with E-state index in [-0.39, 0.29) is 36.7 Å². The maximum absolute atomic E-state index is 13.2. The quantitative estimate of drug-likeness (QED) is 0.455. The third-order valence-electron chi connectivity index (χ3n) is 6.80. The Morgan fingerprint density at radius 2 is 1.80 bits per heavy atom. The second-order valence-corrected chi connectivity index (χ2v) is 10.2. The SMILES string of the molecule is CN1C(=O)NC(=O)C12Cc1ccc(NC(=O)CN(Cc3ccccc3)C(=O)C(C)(C)CCl)cc1C2. The largest absolute Gasteiger partial charge is 0.329 e. The van der Waals surface area contributed by atoms with Gasteiger partial charge in [0.1, 0.15) is 12.1 Å². The Morgan fingerprint density at radius 3 is 2.43 bits per heavy atom. The highest BCUT2D eigenvalue weighted by Gasteiger charge is 2.54. The summed E-state index contributed by atoms with van der Waals surface area (Å²) in [6.45, 7) is 3.68. The van der Waals surface area contributed by atoms with Gasteiger partial charge in [-0.05, 0) is 42.7 Å². The van der Waals surface area contributed by atoms with E-state index < -0.39 is 17.0 Å². The minimum atomic E-state index is -0.923. The third kappa shape index (κ3) is 4.75. The second-order valence-electron chi connectivity index (χ2n) is 9.90. The number of hydrogen-bond donors (Lipinski definition) is 2. The first-order valence-corrected chi connectivity index (χ1v) is 12.0. The third-order valence-corrected chi connectivity index (χ3v) is 7.46. The molecular formula is C26H29ClN4O4. The predicted octanol–water partition coefficient (Wildman–Crippen LogP) is 2.94. The van der Waals surface area contributed by atoms with Gasteiger partial charge in [0.15, 0.2) is 0 Å². The van der Waals surface area contributed by atoms with E-state index in [1.807, 2.05) is 42.5 Å². The molecule has 9 heteroatoms.